The van der Waals surface area contributed by atoms with E-state index in [4.69, 9.17) is 9.47 Å². The van der Waals surface area contributed by atoms with E-state index in [9.17, 15) is 9.59 Å². The molecule has 2 amide bonds. The first-order chi connectivity index (χ1) is 12.7. The molecule has 0 atom stereocenters. The standard InChI is InChI=1S/C17H27N5O4/c1-25-11-10-22(17(24)15-14-18-3-4-19-15)6-2-16(23)20-5-7-21-8-12-26-13-9-21/h3-4,14H,2,5-13H2,1H3,(H,20,23). The zero-order chi connectivity index (χ0) is 18.6. The molecule has 0 aromatic carbocycles. The molecule has 0 radical (unpaired) electrons. The van der Waals surface area contributed by atoms with Crippen molar-refractivity contribution < 1.29 is 19.1 Å². The minimum atomic E-state index is -0.253. The molecule has 1 aliphatic heterocycles. The van der Waals surface area contributed by atoms with Gasteiger partial charge in [-0.1, -0.05) is 0 Å². The molecule has 0 unspecified atom stereocenters. The second-order valence-electron chi connectivity index (χ2n) is 5.93. The maximum Gasteiger partial charge on any atom is 0.274 e. The van der Waals surface area contributed by atoms with Gasteiger partial charge in [0.05, 0.1) is 26.0 Å². The highest BCUT2D eigenvalue weighted by Crippen LogP contribution is 2.02. The van der Waals surface area contributed by atoms with Gasteiger partial charge in [0, 0.05) is 65.2 Å². The third kappa shape index (κ3) is 7.03. The van der Waals surface area contributed by atoms with Crippen LogP contribution in [0.1, 0.15) is 16.9 Å². The number of nitrogens with zero attached hydrogens (tertiary/aromatic N) is 4. The first-order valence-corrected chi connectivity index (χ1v) is 8.81. The number of ether oxygens (including phenoxy) is 2. The lowest BCUT2D eigenvalue weighted by molar-refractivity contribution is -0.121. The average Bonchev–Trinajstić information content (AvgIpc) is 2.69. The van der Waals surface area contributed by atoms with Crippen LogP contribution in [0.2, 0.25) is 0 Å². The molecule has 1 aromatic heterocycles. The third-order valence-electron chi connectivity index (χ3n) is 4.10. The van der Waals surface area contributed by atoms with Crippen LogP contribution in [-0.2, 0) is 14.3 Å². The van der Waals surface area contributed by atoms with E-state index >= 15 is 0 Å². The van der Waals surface area contributed by atoms with Gasteiger partial charge in [0.15, 0.2) is 0 Å². The molecule has 9 nitrogen and oxygen atoms in total. The quantitative estimate of drug-likeness (QED) is 0.591. The van der Waals surface area contributed by atoms with Crippen LogP contribution in [0.3, 0.4) is 0 Å². The second-order valence-corrected chi connectivity index (χ2v) is 5.93. The van der Waals surface area contributed by atoms with E-state index in [0.717, 1.165) is 32.8 Å². The van der Waals surface area contributed by atoms with Gasteiger partial charge in [-0.2, -0.15) is 0 Å². The maximum atomic E-state index is 12.5. The summed E-state index contributed by atoms with van der Waals surface area (Å²) >= 11 is 0. The Morgan fingerprint density at radius 1 is 1.31 bits per heavy atom. The number of hydrogen-bond donors (Lipinski definition) is 1. The van der Waals surface area contributed by atoms with Crippen molar-refractivity contribution in [3.05, 3.63) is 24.3 Å². The minimum absolute atomic E-state index is 0.0763. The molecule has 1 aromatic rings. The lowest BCUT2D eigenvalue weighted by atomic mass is 10.3. The number of nitrogens with one attached hydrogen (secondary N) is 1. The monoisotopic (exact) mass is 365 g/mol. The van der Waals surface area contributed by atoms with E-state index in [1.807, 2.05) is 0 Å². The van der Waals surface area contributed by atoms with Crippen LogP contribution >= 0.6 is 0 Å². The molecule has 0 spiro atoms. The Bertz CT molecular complexity index is 551. The number of carbonyl (C=O) groups is 2. The van der Waals surface area contributed by atoms with Gasteiger partial charge in [0.25, 0.3) is 5.91 Å². The van der Waals surface area contributed by atoms with Crippen molar-refractivity contribution in [1.29, 1.82) is 0 Å². The third-order valence-corrected chi connectivity index (χ3v) is 4.10. The van der Waals surface area contributed by atoms with E-state index in [1.165, 1.54) is 18.6 Å². The summed E-state index contributed by atoms with van der Waals surface area (Å²) in [5.74, 6) is -0.330. The van der Waals surface area contributed by atoms with Gasteiger partial charge in [0.1, 0.15) is 5.69 Å². The van der Waals surface area contributed by atoms with Crippen LogP contribution in [0.25, 0.3) is 0 Å². The zero-order valence-corrected chi connectivity index (χ0v) is 15.2. The Balaban J connectivity index is 1.74. The Labute approximate surface area is 153 Å². The van der Waals surface area contributed by atoms with Crippen molar-refractivity contribution in [3.8, 4) is 0 Å². The Morgan fingerprint density at radius 3 is 2.81 bits per heavy atom. The van der Waals surface area contributed by atoms with Gasteiger partial charge in [-0.05, 0) is 0 Å². The number of morpholine rings is 1. The fourth-order valence-corrected chi connectivity index (χ4v) is 2.59. The van der Waals surface area contributed by atoms with Gasteiger partial charge in [-0.25, -0.2) is 4.98 Å². The second kappa shape index (κ2) is 11.5. The summed E-state index contributed by atoms with van der Waals surface area (Å²) in [5, 5.41) is 2.90. The van der Waals surface area contributed by atoms with Crippen molar-refractivity contribution in [2.75, 3.05) is 66.2 Å². The van der Waals surface area contributed by atoms with Crippen molar-refractivity contribution >= 4 is 11.8 Å². The summed E-state index contributed by atoms with van der Waals surface area (Å²) < 4.78 is 10.3. The number of rotatable bonds is 10. The van der Waals surface area contributed by atoms with Crippen LogP contribution < -0.4 is 5.32 Å². The highest BCUT2D eigenvalue weighted by molar-refractivity contribution is 5.92. The smallest absolute Gasteiger partial charge is 0.274 e. The van der Waals surface area contributed by atoms with Gasteiger partial charge in [-0.15, -0.1) is 0 Å². The molecule has 2 rings (SSSR count). The van der Waals surface area contributed by atoms with Crippen molar-refractivity contribution in [3.63, 3.8) is 0 Å². The lowest BCUT2D eigenvalue weighted by Crippen LogP contribution is -2.42. The van der Waals surface area contributed by atoms with Gasteiger partial charge in [0.2, 0.25) is 5.91 Å². The molecular formula is C17H27N5O4. The first kappa shape index (κ1) is 20.2. The van der Waals surface area contributed by atoms with Gasteiger partial charge >= 0.3 is 0 Å². The summed E-state index contributed by atoms with van der Waals surface area (Å²) in [5.41, 5.74) is 0.260. The van der Waals surface area contributed by atoms with E-state index in [-0.39, 0.29) is 23.9 Å². The average molecular weight is 365 g/mol. The molecule has 1 fully saturated rings. The molecule has 9 heteroatoms. The Hall–Kier alpha value is -2.10. The fourth-order valence-electron chi connectivity index (χ4n) is 2.59. The summed E-state index contributed by atoms with van der Waals surface area (Å²) in [6.07, 6.45) is 4.64. The van der Waals surface area contributed by atoms with Gasteiger partial charge < -0.3 is 19.7 Å². The molecule has 144 valence electrons. The van der Waals surface area contributed by atoms with Crippen LogP contribution in [-0.4, -0.2) is 97.8 Å². The van der Waals surface area contributed by atoms with E-state index in [2.05, 4.69) is 20.2 Å². The van der Waals surface area contributed by atoms with E-state index < -0.39 is 0 Å². The van der Waals surface area contributed by atoms with Crippen molar-refractivity contribution in [1.82, 2.24) is 25.1 Å². The lowest BCUT2D eigenvalue weighted by Gasteiger charge is -2.26. The molecule has 26 heavy (non-hydrogen) atoms. The number of aromatic nitrogens is 2. The van der Waals surface area contributed by atoms with Gasteiger partial charge in [-0.3, -0.25) is 19.5 Å². The van der Waals surface area contributed by atoms with E-state index in [1.54, 1.807) is 12.0 Å². The number of carbonyl (C=O) groups excluding carboxylic acids is 2. The Morgan fingerprint density at radius 2 is 2.12 bits per heavy atom. The van der Waals surface area contributed by atoms with Crippen molar-refractivity contribution in [2.45, 2.75) is 6.42 Å². The summed E-state index contributed by atoms with van der Waals surface area (Å²) in [6, 6.07) is 0. The highest BCUT2D eigenvalue weighted by Gasteiger charge is 2.18. The fraction of sp³-hybridized carbons (Fsp3) is 0.647. The largest absolute Gasteiger partial charge is 0.383 e. The van der Waals surface area contributed by atoms with Crippen molar-refractivity contribution in [2.24, 2.45) is 0 Å². The first-order valence-electron chi connectivity index (χ1n) is 8.81. The summed E-state index contributed by atoms with van der Waals surface area (Å²) in [4.78, 5) is 36.3. The predicted molar refractivity (Wildman–Crippen MR) is 94.7 cm³/mol. The van der Waals surface area contributed by atoms with Crippen LogP contribution in [0.4, 0.5) is 0 Å². The summed E-state index contributed by atoms with van der Waals surface area (Å²) in [6.45, 7) is 5.77. The van der Waals surface area contributed by atoms with Crippen LogP contribution in [0.5, 0.6) is 0 Å². The molecule has 1 saturated heterocycles. The highest BCUT2D eigenvalue weighted by atomic mass is 16.5. The number of hydrogen-bond acceptors (Lipinski definition) is 7. The zero-order valence-electron chi connectivity index (χ0n) is 15.2. The van der Waals surface area contributed by atoms with Crippen LogP contribution in [0, 0.1) is 0 Å². The molecule has 0 aliphatic carbocycles. The Kier molecular flexibility index (Phi) is 8.94. The summed E-state index contributed by atoms with van der Waals surface area (Å²) in [7, 11) is 1.57. The normalized spacial score (nSPS) is 14.8. The van der Waals surface area contributed by atoms with E-state index in [0.29, 0.717) is 26.2 Å². The number of amides is 2. The molecule has 0 saturated carbocycles. The minimum Gasteiger partial charge on any atom is -0.383 e. The molecule has 1 aliphatic rings. The topological polar surface area (TPSA) is 96.9 Å². The molecular weight excluding hydrogens is 338 g/mol. The SMILES string of the molecule is COCCN(CCC(=O)NCCN1CCOCC1)C(=O)c1cnccn1. The molecule has 1 N–H and O–H groups in total. The number of methoxy groups -OCH3 is 1. The molecule has 2 heterocycles. The molecule has 0 bridgehead atoms. The maximum absolute atomic E-state index is 12.5. The van der Waals surface area contributed by atoms with Crippen LogP contribution in [0.15, 0.2) is 18.6 Å². The predicted octanol–water partition coefficient (Wildman–Crippen LogP) is -0.596.